The maximum absolute atomic E-state index is 12.1. The SMILES string of the molecule is O=C(CNC(=O)CCC(=O)N1CCCC1)Cc1ccc2ccccc2c1. The number of carbonyl (C=O) groups excluding carboxylic acids is 3. The highest BCUT2D eigenvalue weighted by Crippen LogP contribution is 2.16. The minimum atomic E-state index is -0.246. The molecule has 1 fully saturated rings. The Hall–Kier alpha value is -2.69. The quantitative estimate of drug-likeness (QED) is 0.832. The molecule has 1 heterocycles. The van der Waals surface area contributed by atoms with Crippen LogP contribution in [0.25, 0.3) is 10.8 Å². The third-order valence-corrected chi connectivity index (χ3v) is 4.72. The minimum Gasteiger partial charge on any atom is -0.349 e. The van der Waals surface area contributed by atoms with Crippen LogP contribution in [0, 0.1) is 0 Å². The van der Waals surface area contributed by atoms with Gasteiger partial charge in [-0.3, -0.25) is 14.4 Å². The van der Waals surface area contributed by atoms with Crippen molar-refractivity contribution in [2.75, 3.05) is 19.6 Å². The highest BCUT2D eigenvalue weighted by Gasteiger charge is 2.18. The first-order chi connectivity index (χ1) is 12.6. The summed E-state index contributed by atoms with van der Waals surface area (Å²) >= 11 is 0. The first kappa shape index (κ1) is 18.1. The van der Waals surface area contributed by atoms with Crippen molar-refractivity contribution in [3.63, 3.8) is 0 Å². The van der Waals surface area contributed by atoms with Gasteiger partial charge in [-0.1, -0.05) is 42.5 Å². The van der Waals surface area contributed by atoms with Crippen LogP contribution < -0.4 is 5.32 Å². The molecule has 26 heavy (non-hydrogen) atoms. The highest BCUT2D eigenvalue weighted by atomic mass is 16.2. The molecule has 2 aromatic rings. The largest absolute Gasteiger partial charge is 0.349 e. The molecule has 1 saturated heterocycles. The van der Waals surface area contributed by atoms with E-state index in [1.807, 2.05) is 42.5 Å². The van der Waals surface area contributed by atoms with Crippen LogP contribution in [0.3, 0.4) is 0 Å². The van der Waals surface area contributed by atoms with Crippen LogP contribution in [0.4, 0.5) is 0 Å². The number of hydrogen-bond donors (Lipinski definition) is 1. The summed E-state index contributed by atoms with van der Waals surface area (Å²) in [5, 5.41) is 4.86. The lowest BCUT2D eigenvalue weighted by atomic mass is 10.0. The van der Waals surface area contributed by atoms with Crippen molar-refractivity contribution in [3.8, 4) is 0 Å². The lowest BCUT2D eigenvalue weighted by Gasteiger charge is -2.14. The zero-order chi connectivity index (χ0) is 18.4. The number of fused-ring (bicyclic) bond motifs is 1. The van der Waals surface area contributed by atoms with E-state index in [1.165, 1.54) is 0 Å². The van der Waals surface area contributed by atoms with Gasteiger partial charge in [0.15, 0.2) is 5.78 Å². The predicted octanol–water partition coefficient (Wildman–Crippen LogP) is 2.47. The van der Waals surface area contributed by atoms with Crippen LogP contribution in [0.1, 0.15) is 31.2 Å². The number of nitrogens with one attached hydrogen (secondary N) is 1. The molecule has 1 aliphatic rings. The molecular weight excluding hydrogens is 328 g/mol. The van der Waals surface area contributed by atoms with E-state index in [0.717, 1.165) is 42.3 Å². The molecule has 0 aliphatic carbocycles. The number of Topliss-reactive ketones (excluding diaryl/α,β-unsaturated/α-hetero) is 1. The van der Waals surface area contributed by atoms with Crippen LogP contribution in [0.15, 0.2) is 42.5 Å². The first-order valence-electron chi connectivity index (χ1n) is 9.16. The maximum Gasteiger partial charge on any atom is 0.223 e. The van der Waals surface area contributed by atoms with Crippen LogP contribution >= 0.6 is 0 Å². The Labute approximate surface area is 153 Å². The fourth-order valence-corrected chi connectivity index (χ4v) is 3.27. The number of benzene rings is 2. The molecule has 0 spiro atoms. The zero-order valence-corrected chi connectivity index (χ0v) is 14.9. The van der Waals surface area contributed by atoms with Crippen molar-refractivity contribution in [2.24, 2.45) is 0 Å². The van der Waals surface area contributed by atoms with Crippen molar-refractivity contribution in [2.45, 2.75) is 32.1 Å². The van der Waals surface area contributed by atoms with Crippen LogP contribution in [-0.4, -0.2) is 42.1 Å². The van der Waals surface area contributed by atoms with Gasteiger partial charge in [-0.25, -0.2) is 0 Å². The number of nitrogens with zero attached hydrogens (tertiary/aromatic N) is 1. The van der Waals surface area contributed by atoms with Gasteiger partial charge < -0.3 is 10.2 Å². The summed E-state index contributed by atoms with van der Waals surface area (Å²) in [7, 11) is 0. The molecule has 0 bridgehead atoms. The van der Waals surface area contributed by atoms with Crippen LogP contribution in [0.2, 0.25) is 0 Å². The molecule has 136 valence electrons. The van der Waals surface area contributed by atoms with Crippen molar-refractivity contribution in [3.05, 3.63) is 48.0 Å². The maximum atomic E-state index is 12.1. The third-order valence-electron chi connectivity index (χ3n) is 4.72. The second kappa shape index (κ2) is 8.61. The van der Waals surface area contributed by atoms with Gasteiger partial charge >= 0.3 is 0 Å². The number of amides is 2. The summed E-state index contributed by atoms with van der Waals surface area (Å²) in [6.07, 6.45) is 2.73. The Morgan fingerprint density at radius 1 is 0.923 bits per heavy atom. The summed E-state index contributed by atoms with van der Waals surface area (Å²) in [5.74, 6) is -0.260. The van der Waals surface area contributed by atoms with Gasteiger partial charge in [0.05, 0.1) is 6.54 Å². The van der Waals surface area contributed by atoms with E-state index < -0.39 is 0 Å². The number of ketones is 1. The Morgan fingerprint density at radius 2 is 1.65 bits per heavy atom. The molecule has 0 atom stereocenters. The fourth-order valence-electron chi connectivity index (χ4n) is 3.27. The second-order valence-corrected chi connectivity index (χ2v) is 6.76. The topological polar surface area (TPSA) is 66.5 Å². The van der Waals surface area contributed by atoms with Gasteiger partial charge in [-0.2, -0.15) is 0 Å². The lowest BCUT2D eigenvalue weighted by Crippen LogP contribution is -2.32. The molecule has 0 saturated carbocycles. The summed E-state index contributed by atoms with van der Waals surface area (Å²) in [4.78, 5) is 37.7. The van der Waals surface area contributed by atoms with E-state index in [1.54, 1.807) is 4.90 Å². The van der Waals surface area contributed by atoms with Crippen molar-refractivity contribution >= 4 is 28.4 Å². The van der Waals surface area contributed by atoms with E-state index in [-0.39, 0.29) is 43.4 Å². The monoisotopic (exact) mass is 352 g/mol. The second-order valence-electron chi connectivity index (χ2n) is 6.76. The molecule has 0 radical (unpaired) electrons. The molecule has 5 heteroatoms. The predicted molar refractivity (Wildman–Crippen MR) is 101 cm³/mol. The number of rotatable bonds is 7. The zero-order valence-electron chi connectivity index (χ0n) is 14.9. The normalized spacial score (nSPS) is 13.8. The third kappa shape index (κ3) is 4.91. The standard InChI is InChI=1S/C21H24N2O3/c24-19(14-16-7-8-17-5-1-2-6-18(17)13-16)15-22-20(25)9-10-21(26)23-11-3-4-12-23/h1-2,5-8,13H,3-4,9-12,14-15H2,(H,22,25). The van der Waals surface area contributed by atoms with Gasteiger partial charge in [-0.05, 0) is 29.2 Å². The van der Waals surface area contributed by atoms with Gasteiger partial charge in [0.1, 0.15) is 0 Å². The Morgan fingerprint density at radius 3 is 2.42 bits per heavy atom. The lowest BCUT2D eigenvalue weighted by molar-refractivity contribution is -0.132. The van der Waals surface area contributed by atoms with E-state index in [0.29, 0.717) is 0 Å². The first-order valence-corrected chi connectivity index (χ1v) is 9.16. The average molecular weight is 352 g/mol. The van der Waals surface area contributed by atoms with Crippen LogP contribution in [-0.2, 0) is 20.8 Å². The van der Waals surface area contributed by atoms with Crippen molar-refractivity contribution < 1.29 is 14.4 Å². The number of carbonyl (C=O) groups is 3. The highest BCUT2D eigenvalue weighted by molar-refractivity contribution is 5.90. The molecule has 2 amide bonds. The molecule has 0 unspecified atom stereocenters. The van der Waals surface area contributed by atoms with Gasteiger partial charge in [0.2, 0.25) is 11.8 Å². The van der Waals surface area contributed by atoms with E-state index >= 15 is 0 Å². The summed E-state index contributed by atoms with van der Waals surface area (Å²) < 4.78 is 0. The Bertz CT molecular complexity index is 810. The van der Waals surface area contributed by atoms with Crippen molar-refractivity contribution in [1.82, 2.24) is 10.2 Å². The summed E-state index contributed by atoms with van der Waals surface area (Å²) in [6.45, 7) is 1.60. The Balaban J connectivity index is 1.41. The van der Waals surface area contributed by atoms with Crippen molar-refractivity contribution in [1.29, 1.82) is 0 Å². The molecule has 2 aromatic carbocycles. The number of likely N-dealkylation sites (tertiary alicyclic amines) is 1. The van der Waals surface area contributed by atoms with E-state index in [4.69, 9.17) is 0 Å². The van der Waals surface area contributed by atoms with Crippen LogP contribution in [0.5, 0.6) is 0 Å². The molecule has 1 N–H and O–H groups in total. The Kier molecular flexibility index (Phi) is 6.00. The van der Waals surface area contributed by atoms with Gasteiger partial charge in [-0.15, -0.1) is 0 Å². The summed E-state index contributed by atoms with van der Waals surface area (Å²) in [6, 6.07) is 13.9. The number of hydrogen-bond acceptors (Lipinski definition) is 3. The molecule has 3 rings (SSSR count). The molecule has 5 nitrogen and oxygen atoms in total. The summed E-state index contributed by atoms with van der Waals surface area (Å²) in [5.41, 5.74) is 0.937. The van der Waals surface area contributed by atoms with Gasteiger partial charge in [0, 0.05) is 32.4 Å². The average Bonchev–Trinajstić information content (AvgIpc) is 3.19. The minimum absolute atomic E-state index is 0.00354. The molecule has 0 aromatic heterocycles. The van der Waals surface area contributed by atoms with Gasteiger partial charge in [0.25, 0.3) is 0 Å². The molecule has 1 aliphatic heterocycles. The smallest absolute Gasteiger partial charge is 0.223 e. The fraction of sp³-hybridized carbons (Fsp3) is 0.381. The van der Waals surface area contributed by atoms with E-state index in [9.17, 15) is 14.4 Å². The molecular formula is C21H24N2O3. The van der Waals surface area contributed by atoms with E-state index in [2.05, 4.69) is 5.32 Å².